The Morgan fingerprint density at radius 2 is 2.00 bits per heavy atom. The van der Waals surface area contributed by atoms with Gasteiger partial charge < -0.3 is 15.3 Å². The minimum absolute atomic E-state index is 0.173. The summed E-state index contributed by atoms with van der Waals surface area (Å²) in [4.78, 5) is 14.6. The van der Waals surface area contributed by atoms with Crippen LogP contribution in [-0.2, 0) is 6.42 Å². The van der Waals surface area contributed by atoms with Gasteiger partial charge in [0, 0.05) is 36.6 Å². The maximum Gasteiger partial charge on any atom is 0.255 e. The molecule has 1 aliphatic rings. The van der Waals surface area contributed by atoms with E-state index in [4.69, 9.17) is 5.11 Å². The number of benzene rings is 2. The van der Waals surface area contributed by atoms with Crippen LogP contribution in [0.2, 0.25) is 0 Å². The summed E-state index contributed by atoms with van der Waals surface area (Å²) in [7, 11) is 0. The predicted octanol–water partition coefficient (Wildman–Crippen LogP) is 3.21. The average molecular weight is 328 g/mol. The highest BCUT2D eigenvalue weighted by Crippen LogP contribution is 2.33. The van der Waals surface area contributed by atoms with Crippen LogP contribution in [0, 0.1) is 5.82 Å². The summed E-state index contributed by atoms with van der Waals surface area (Å²) in [6.07, 6.45) is 2.65. The molecule has 0 aromatic heterocycles. The molecule has 0 saturated heterocycles. The van der Waals surface area contributed by atoms with Crippen molar-refractivity contribution in [3.05, 3.63) is 59.4 Å². The molecule has 0 radical (unpaired) electrons. The molecule has 1 amide bonds. The molecule has 4 nitrogen and oxygen atoms in total. The van der Waals surface area contributed by atoms with E-state index in [1.54, 1.807) is 0 Å². The molecule has 0 bridgehead atoms. The van der Waals surface area contributed by atoms with Crippen LogP contribution in [-0.4, -0.2) is 30.7 Å². The molecule has 5 heteroatoms. The Balaban J connectivity index is 1.81. The maximum absolute atomic E-state index is 13.0. The van der Waals surface area contributed by atoms with Gasteiger partial charge in [-0.1, -0.05) is 6.07 Å². The van der Waals surface area contributed by atoms with E-state index in [9.17, 15) is 9.18 Å². The van der Waals surface area contributed by atoms with Crippen LogP contribution in [0.5, 0.6) is 0 Å². The van der Waals surface area contributed by atoms with Crippen LogP contribution in [0.15, 0.2) is 42.5 Å². The lowest BCUT2D eigenvalue weighted by Gasteiger charge is -2.32. The molecular weight excluding hydrogens is 307 g/mol. The number of hydrogen-bond donors (Lipinski definition) is 2. The lowest BCUT2D eigenvalue weighted by atomic mass is 9.99. The molecular formula is C19H21FN2O2. The Kier molecular flexibility index (Phi) is 5.11. The van der Waals surface area contributed by atoms with E-state index in [0.717, 1.165) is 49.3 Å². The normalized spacial score (nSPS) is 13.5. The number of carbonyl (C=O) groups is 1. The highest BCUT2D eigenvalue weighted by molar-refractivity contribution is 6.05. The van der Waals surface area contributed by atoms with Crippen molar-refractivity contribution in [2.75, 3.05) is 29.9 Å². The Labute approximate surface area is 140 Å². The first-order valence-electron chi connectivity index (χ1n) is 8.23. The second kappa shape index (κ2) is 7.45. The third-order valence-corrected chi connectivity index (χ3v) is 4.29. The van der Waals surface area contributed by atoms with E-state index in [0.29, 0.717) is 5.56 Å². The minimum Gasteiger partial charge on any atom is -0.396 e. The van der Waals surface area contributed by atoms with Crippen molar-refractivity contribution in [3.8, 4) is 0 Å². The molecule has 1 heterocycles. The van der Waals surface area contributed by atoms with E-state index in [-0.39, 0.29) is 18.3 Å². The van der Waals surface area contributed by atoms with E-state index in [1.807, 2.05) is 12.1 Å². The summed E-state index contributed by atoms with van der Waals surface area (Å²) in [5, 5.41) is 12.0. The summed E-state index contributed by atoms with van der Waals surface area (Å²) in [5.41, 5.74) is 3.47. The number of anilines is 2. The minimum atomic E-state index is -0.358. The maximum atomic E-state index is 13.0. The molecule has 0 spiro atoms. The lowest BCUT2D eigenvalue weighted by molar-refractivity contribution is 0.102. The van der Waals surface area contributed by atoms with Gasteiger partial charge in [0.1, 0.15) is 5.82 Å². The largest absolute Gasteiger partial charge is 0.396 e. The Bertz CT molecular complexity index is 716. The molecule has 0 aliphatic carbocycles. The predicted molar refractivity (Wildman–Crippen MR) is 93.0 cm³/mol. The van der Waals surface area contributed by atoms with Crippen molar-refractivity contribution in [3.63, 3.8) is 0 Å². The Morgan fingerprint density at radius 3 is 2.75 bits per heavy atom. The Morgan fingerprint density at radius 1 is 1.21 bits per heavy atom. The van der Waals surface area contributed by atoms with E-state index < -0.39 is 0 Å². The van der Waals surface area contributed by atoms with Gasteiger partial charge in [-0.25, -0.2) is 4.39 Å². The fraction of sp³-hybridized carbons (Fsp3) is 0.316. The van der Waals surface area contributed by atoms with Crippen molar-refractivity contribution in [1.82, 2.24) is 0 Å². The van der Waals surface area contributed by atoms with Gasteiger partial charge in [-0.15, -0.1) is 0 Å². The third kappa shape index (κ3) is 3.57. The van der Waals surface area contributed by atoms with Crippen molar-refractivity contribution in [2.24, 2.45) is 0 Å². The first-order chi connectivity index (χ1) is 11.7. The number of rotatable bonds is 5. The standard InChI is InChI=1S/C19H21FN2O2/c20-15-9-7-14(8-10-15)19(24)21-17-5-1-6-18-16(17)4-2-11-22(18)12-3-13-23/h1,5-10,23H,2-4,11-13H2,(H,21,24). The fourth-order valence-electron chi connectivity index (χ4n) is 3.11. The number of amides is 1. The summed E-state index contributed by atoms with van der Waals surface area (Å²) in [5.74, 6) is -0.598. The van der Waals surface area contributed by atoms with Gasteiger partial charge in [0.05, 0.1) is 0 Å². The summed E-state index contributed by atoms with van der Waals surface area (Å²) >= 11 is 0. The summed E-state index contributed by atoms with van der Waals surface area (Å²) in [6, 6.07) is 11.4. The van der Waals surface area contributed by atoms with Gasteiger partial charge in [-0.2, -0.15) is 0 Å². The average Bonchev–Trinajstić information content (AvgIpc) is 2.60. The van der Waals surface area contributed by atoms with Crippen molar-refractivity contribution in [2.45, 2.75) is 19.3 Å². The van der Waals surface area contributed by atoms with Gasteiger partial charge >= 0.3 is 0 Å². The van der Waals surface area contributed by atoms with Crippen LogP contribution in [0.4, 0.5) is 15.8 Å². The summed E-state index contributed by atoms with van der Waals surface area (Å²) in [6.45, 7) is 1.94. The second-order valence-electron chi connectivity index (χ2n) is 5.93. The van der Waals surface area contributed by atoms with Crippen LogP contribution in [0.1, 0.15) is 28.8 Å². The van der Waals surface area contributed by atoms with Gasteiger partial charge in [0.2, 0.25) is 0 Å². The molecule has 3 rings (SSSR count). The van der Waals surface area contributed by atoms with Crippen LogP contribution < -0.4 is 10.2 Å². The molecule has 0 atom stereocenters. The van der Waals surface area contributed by atoms with Gasteiger partial charge in [-0.3, -0.25) is 4.79 Å². The second-order valence-corrected chi connectivity index (χ2v) is 5.93. The van der Waals surface area contributed by atoms with E-state index in [2.05, 4.69) is 16.3 Å². The molecule has 24 heavy (non-hydrogen) atoms. The number of carbonyl (C=O) groups excluding carboxylic acids is 1. The molecule has 2 aromatic rings. The molecule has 0 unspecified atom stereocenters. The van der Waals surface area contributed by atoms with Crippen molar-refractivity contribution in [1.29, 1.82) is 0 Å². The zero-order chi connectivity index (χ0) is 16.9. The highest BCUT2D eigenvalue weighted by Gasteiger charge is 2.20. The molecule has 2 N–H and O–H groups in total. The summed E-state index contributed by atoms with van der Waals surface area (Å²) < 4.78 is 13.0. The number of aliphatic hydroxyl groups excluding tert-OH is 1. The molecule has 0 saturated carbocycles. The number of nitrogens with one attached hydrogen (secondary N) is 1. The van der Waals surface area contributed by atoms with E-state index in [1.165, 1.54) is 24.3 Å². The van der Waals surface area contributed by atoms with Gasteiger partial charge in [0.25, 0.3) is 5.91 Å². The zero-order valence-electron chi connectivity index (χ0n) is 13.5. The van der Waals surface area contributed by atoms with Gasteiger partial charge in [0.15, 0.2) is 0 Å². The molecule has 2 aromatic carbocycles. The smallest absolute Gasteiger partial charge is 0.255 e. The number of halogens is 1. The topological polar surface area (TPSA) is 52.6 Å². The van der Waals surface area contributed by atoms with Crippen molar-refractivity contribution >= 4 is 17.3 Å². The Hall–Kier alpha value is -2.40. The monoisotopic (exact) mass is 328 g/mol. The molecule has 1 aliphatic heterocycles. The third-order valence-electron chi connectivity index (χ3n) is 4.29. The van der Waals surface area contributed by atoms with Crippen molar-refractivity contribution < 1.29 is 14.3 Å². The first-order valence-corrected chi connectivity index (χ1v) is 8.23. The van der Waals surface area contributed by atoms with Crippen LogP contribution in [0.25, 0.3) is 0 Å². The first kappa shape index (κ1) is 16.5. The highest BCUT2D eigenvalue weighted by atomic mass is 19.1. The molecule has 126 valence electrons. The quantitative estimate of drug-likeness (QED) is 0.886. The lowest BCUT2D eigenvalue weighted by Crippen LogP contribution is -2.31. The molecule has 0 fully saturated rings. The van der Waals surface area contributed by atoms with Gasteiger partial charge in [-0.05, 0) is 61.2 Å². The van der Waals surface area contributed by atoms with E-state index >= 15 is 0 Å². The van der Waals surface area contributed by atoms with Crippen LogP contribution >= 0.6 is 0 Å². The zero-order valence-corrected chi connectivity index (χ0v) is 13.5. The number of nitrogens with zero attached hydrogens (tertiary/aromatic N) is 1. The number of aliphatic hydroxyl groups is 1. The van der Waals surface area contributed by atoms with Crippen LogP contribution in [0.3, 0.4) is 0 Å². The number of hydrogen-bond acceptors (Lipinski definition) is 3. The number of fused-ring (bicyclic) bond motifs is 1. The SMILES string of the molecule is O=C(Nc1cccc2c1CCCN2CCCO)c1ccc(F)cc1. The fourth-order valence-corrected chi connectivity index (χ4v) is 3.11.